The number of hydrogen-bond acceptors (Lipinski definition) is 6. The van der Waals surface area contributed by atoms with E-state index in [0.29, 0.717) is 11.5 Å². The SMILES string of the molecule is Cc1nc(N2CCCC2)nc(C)c1-c1ccc(N)nc1C#Cc1ccc2ncccc2c1. The molecule has 0 atom stereocenters. The molecule has 0 aliphatic carbocycles. The fraction of sp³-hybridized carbons (Fsp3) is 0.231. The van der Waals surface area contributed by atoms with Crippen molar-refractivity contribution < 1.29 is 0 Å². The normalized spacial score (nSPS) is 13.2. The fourth-order valence-electron chi connectivity index (χ4n) is 4.20. The van der Waals surface area contributed by atoms with Crippen LogP contribution in [0.15, 0.2) is 48.7 Å². The Hall–Kier alpha value is -3.98. The molecule has 0 unspecified atom stereocenters. The summed E-state index contributed by atoms with van der Waals surface area (Å²) in [6.45, 7) is 6.07. The first-order valence-electron chi connectivity index (χ1n) is 10.8. The van der Waals surface area contributed by atoms with Crippen molar-refractivity contribution >= 4 is 22.7 Å². The quantitative estimate of drug-likeness (QED) is 0.488. The number of fused-ring (bicyclic) bond motifs is 1. The molecule has 4 aromatic rings. The third kappa shape index (κ3) is 3.85. The van der Waals surface area contributed by atoms with Gasteiger partial charge in [-0.25, -0.2) is 15.0 Å². The van der Waals surface area contributed by atoms with Crippen LogP contribution in [0.25, 0.3) is 22.0 Å². The molecule has 6 nitrogen and oxygen atoms in total. The van der Waals surface area contributed by atoms with Gasteiger partial charge in [-0.15, -0.1) is 0 Å². The number of pyridine rings is 2. The molecule has 0 spiro atoms. The van der Waals surface area contributed by atoms with Gasteiger partial charge in [0.15, 0.2) is 0 Å². The number of anilines is 2. The molecular formula is C26H24N6. The molecule has 1 fully saturated rings. The molecule has 1 aliphatic rings. The molecule has 158 valence electrons. The lowest BCUT2D eigenvalue weighted by molar-refractivity contribution is 0.880. The highest BCUT2D eigenvalue weighted by molar-refractivity contribution is 5.80. The first-order chi connectivity index (χ1) is 15.6. The summed E-state index contributed by atoms with van der Waals surface area (Å²) in [5, 5.41) is 1.05. The predicted molar refractivity (Wildman–Crippen MR) is 128 cm³/mol. The topological polar surface area (TPSA) is 80.8 Å². The average molecular weight is 421 g/mol. The lowest BCUT2D eigenvalue weighted by Crippen LogP contribution is -2.21. The first-order valence-corrected chi connectivity index (χ1v) is 10.8. The number of aryl methyl sites for hydroxylation is 2. The monoisotopic (exact) mass is 420 g/mol. The number of benzene rings is 1. The van der Waals surface area contributed by atoms with Gasteiger partial charge in [0, 0.05) is 41.4 Å². The van der Waals surface area contributed by atoms with Gasteiger partial charge in [0.2, 0.25) is 5.95 Å². The van der Waals surface area contributed by atoms with Crippen LogP contribution >= 0.6 is 0 Å². The average Bonchev–Trinajstić information content (AvgIpc) is 3.33. The van der Waals surface area contributed by atoms with Crippen LogP contribution < -0.4 is 10.6 Å². The predicted octanol–water partition coefficient (Wildman–Crippen LogP) is 4.29. The van der Waals surface area contributed by atoms with Crippen LogP contribution in [0.4, 0.5) is 11.8 Å². The Morgan fingerprint density at radius 1 is 0.906 bits per heavy atom. The highest BCUT2D eigenvalue weighted by Crippen LogP contribution is 2.30. The second-order valence-corrected chi connectivity index (χ2v) is 8.06. The van der Waals surface area contributed by atoms with Gasteiger partial charge < -0.3 is 10.6 Å². The maximum Gasteiger partial charge on any atom is 0.225 e. The zero-order valence-corrected chi connectivity index (χ0v) is 18.3. The Balaban J connectivity index is 1.56. The highest BCUT2D eigenvalue weighted by Gasteiger charge is 2.19. The maximum atomic E-state index is 6.01. The minimum Gasteiger partial charge on any atom is -0.384 e. The van der Waals surface area contributed by atoms with Crippen molar-refractivity contribution in [2.24, 2.45) is 0 Å². The molecule has 1 aromatic carbocycles. The number of aromatic nitrogens is 4. The number of rotatable bonds is 2. The largest absolute Gasteiger partial charge is 0.384 e. The van der Waals surface area contributed by atoms with Crippen LogP contribution in [-0.2, 0) is 0 Å². The summed E-state index contributed by atoms with van der Waals surface area (Å²) in [5.41, 5.74) is 12.2. The molecule has 3 aromatic heterocycles. The minimum absolute atomic E-state index is 0.436. The Bertz CT molecular complexity index is 1350. The second-order valence-electron chi connectivity index (χ2n) is 8.06. The smallest absolute Gasteiger partial charge is 0.225 e. The van der Waals surface area contributed by atoms with E-state index in [1.165, 1.54) is 12.8 Å². The van der Waals surface area contributed by atoms with Crippen molar-refractivity contribution in [3.05, 3.63) is 71.3 Å². The van der Waals surface area contributed by atoms with Gasteiger partial charge in [-0.05, 0) is 69.0 Å². The van der Waals surface area contributed by atoms with E-state index in [4.69, 9.17) is 15.7 Å². The highest BCUT2D eigenvalue weighted by atomic mass is 15.3. The Kier molecular flexibility index (Phi) is 5.16. The van der Waals surface area contributed by atoms with Gasteiger partial charge in [0.25, 0.3) is 0 Å². The summed E-state index contributed by atoms with van der Waals surface area (Å²) in [4.78, 5) is 20.8. The van der Waals surface area contributed by atoms with Crippen LogP contribution in [0.2, 0.25) is 0 Å². The van der Waals surface area contributed by atoms with Crippen LogP contribution in [-0.4, -0.2) is 33.0 Å². The summed E-state index contributed by atoms with van der Waals surface area (Å²) in [6, 6.07) is 13.7. The molecule has 5 rings (SSSR count). The van der Waals surface area contributed by atoms with E-state index in [1.807, 2.05) is 50.2 Å². The number of nitrogens with zero attached hydrogens (tertiary/aromatic N) is 5. The molecule has 32 heavy (non-hydrogen) atoms. The van der Waals surface area contributed by atoms with Crippen molar-refractivity contribution in [1.82, 2.24) is 19.9 Å². The molecule has 2 N–H and O–H groups in total. The lowest BCUT2D eigenvalue weighted by atomic mass is 10.0. The van der Waals surface area contributed by atoms with E-state index < -0.39 is 0 Å². The van der Waals surface area contributed by atoms with E-state index in [9.17, 15) is 0 Å². The molecule has 1 aliphatic heterocycles. The fourth-order valence-corrected chi connectivity index (χ4v) is 4.20. The number of hydrogen-bond donors (Lipinski definition) is 1. The Labute approximate surface area is 187 Å². The van der Waals surface area contributed by atoms with E-state index in [-0.39, 0.29) is 0 Å². The second kappa shape index (κ2) is 8.27. The van der Waals surface area contributed by atoms with Crippen molar-refractivity contribution in [1.29, 1.82) is 0 Å². The van der Waals surface area contributed by atoms with Crippen LogP contribution in [0.3, 0.4) is 0 Å². The van der Waals surface area contributed by atoms with Crippen molar-refractivity contribution in [3.63, 3.8) is 0 Å². The van der Waals surface area contributed by atoms with E-state index >= 15 is 0 Å². The van der Waals surface area contributed by atoms with Crippen LogP contribution in [0, 0.1) is 25.7 Å². The first kappa shape index (κ1) is 20.0. The summed E-state index contributed by atoms with van der Waals surface area (Å²) < 4.78 is 0. The van der Waals surface area contributed by atoms with Gasteiger partial charge in [0.1, 0.15) is 11.5 Å². The maximum absolute atomic E-state index is 6.01. The number of nitrogen functional groups attached to an aromatic ring is 1. The zero-order chi connectivity index (χ0) is 22.1. The van der Waals surface area contributed by atoms with Gasteiger partial charge >= 0.3 is 0 Å². The lowest BCUT2D eigenvalue weighted by Gasteiger charge is -2.18. The molecule has 0 bridgehead atoms. The standard InChI is InChI=1S/C26H24N6/c1-17-25(18(2)30-26(29-17)32-14-3-4-15-32)21-9-12-24(27)31-23(21)11-8-19-7-10-22-20(16-19)6-5-13-28-22/h5-7,9-10,12-13,16H,3-4,14-15H2,1-2H3,(H2,27,31). The summed E-state index contributed by atoms with van der Waals surface area (Å²) in [6.07, 6.45) is 4.17. The third-order valence-corrected chi connectivity index (χ3v) is 5.76. The van der Waals surface area contributed by atoms with Crippen LogP contribution in [0.1, 0.15) is 35.5 Å². The van der Waals surface area contributed by atoms with Crippen molar-refractivity contribution in [2.75, 3.05) is 23.7 Å². The molecular weight excluding hydrogens is 396 g/mol. The summed E-state index contributed by atoms with van der Waals surface area (Å²) in [7, 11) is 0. The van der Waals surface area contributed by atoms with E-state index in [1.54, 1.807) is 12.3 Å². The molecule has 0 amide bonds. The van der Waals surface area contributed by atoms with E-state index in [0.717, 1.165) is 58.0 Å². The summed E-state index contributed by atoms with van der Waals surface area (Å²) >= 11 is 0. The molecule has 0 radical (unpaired) electrons. The molecule has 4 heterocycles. The molecule has 1 saturated heterocycles. The third-order valence-electron chi connectivity index (χ3n) is 5.76. The van der Waals surface area contributed by atoms with Gasteiger partial charge in [-0.1, -0.05) is 12.0 Å². The van der Waals surface area contributed by atoms with Crippen molar-refractivity contribution in [3.8, 4) is 23.0 Å². The van der Waals surface area contributed by atoms with Crippen molar-refractivity contribution in [2.45, 2.75) is 26.7 Å². The zero-order valence-electron chi connectivity index (χ0n) is 18.3. The Morgan fingerprint density at radius 2 is 1.69 bits per heavy atom. The van der Waals surface area contributed by atoms with Gasteiger partial charge in [0.05, 0.1) is 16.9 Å². The van der Waals surface area contributed by atoms with E-state index in [2.05, 4.69) is 26.7 Å². The van der Waals surface area contributed by atoms with Crippen LogP contribution in [0.5, 0.6) is 0 Å². The number of nitrogens with two attached hydrogens (primary N) is 1. The van der Waals surface area contributed by atoms with Gasteiger partial charge in [-0.2, -0.15) is 0 Å². The minimum atomic E-state index is 0.436. The van der Waals surface area contributed by atoms with Gasteiger partial charge in [-0.3, -0.25) is 4.98 Å². The summed E-state index contributed by atoms with van der Waals surface area (Å²) in [5.74, 6) is 7.71. The molecule has 0 saturated carbocycles. The Morgan fingerprint density at radius 3 is 2.47 bits per heavy atom. The molecule has 6 heteroatoms.